The van der Waals surface area contributed by atoms with E-state index in [-0.39, 0.29) is 17.2 Å². The molecule has 1 unspecified atom stereocenters. The Kier molecular flexibility index (Phi) is 3.71. The van der Waals surface area contributed by atoms with Crippen molar-refractivity contribution < 1.29 is 4.79 Å². The molecule has 0 radical (unpaired) electrons. The lowest BCUT2D eigenvalue weighted by Gasteiger charge is -2.35. The third kappa shape index (κ3) is 3.41. The molecule has 1 saturated carbocycles. The van der Waals surface area contributed by atoms with Crippen molar-refractivity contribution in [2.24, 2.45) is 17.1 Å². The Labute approximate surface area is 87.2 Å². The van der Waals surface area contributed by atoms with Crippen molar-refractivity contribution in [3.8, 4) is 0 Å². The Balaban J connectivity index is 2.35. The van der Waals surface area contributed by atoms with E-state index < -0.39 is 0 Å². The van der Waals surface area contributed by atoms with Gasteiger partial charge < -0.3 is 5.73 Å². The quantitative estimate of drug-likeness (QED) is 0.736. The third-order valence-corrected chi connectivity index (χ3v) is 3.36. The van der Waals surface area contributed by atoms with E-state index in [4.69, 9.17) is 5.73 Å². The van der Waals surface area contributed by atoms with Crippen molar-refractivity contribution >= 4 is 5.78 Å². The van der Waals surface area contributed by atoms with E-state index in [2.05, 4.69) is 13.8 Å². The van der Waals surface area contributed by atoms with Gasteiger partial charge in [0.15, 0.2) is 0 Å². The van der Waals surface area contributed by atoms with Crippen molar-refractivity contribution in [2.45, 2.75) is 58.9 Å². The SMILES string of the molecule is CC(=O)C(N)CC(C)(C)CC1CCC1. The molecule has 1 aliphatic rings. The first kappa shape index (κ1) is 11.7. The highest BCUT2D eigenvalue weighted by atomic mass is 16.1. The van der Waals surface area contributed by atoms with Crippen molar-refractivity contribution in [1.82, 2.24) is 0 Å². The molecule has 82 valence electrons. The molecular formula is C12H23NO. The first-order valence-corrected chi connectivity index (χ1v) is 5.67. The second kappa shape index (κ2) is 4.43. The van der Waals surface area contributed by atoms with Crippen LogP contribution in [0.2, 0.25) is 0 Å². The molecule has 0 aromatic rings. The fourth-order valence-electron chi connectivity index (χ4n) is 2.30. The van der Waals surface area contributed by atoms with Crippen molar-refractivity contribution in [2.75, 3.05) is 0 Å². The average Bonchev–Trinajstić information content (AvgIpc) is 1.96. The molecule has 1 rings (SSSR count). The molecule has 0 aromatic heterocycles. The van der Waals surface area contributed by atoms with Crippen molar-refractivity contribution in [1.29, 1.82) is 0 Å². The lowest BCUT2D eigenvalue weighted by Crippen LogP contribution is -2.35. The molecule has 2 N–H and O–H groups in total. The zero-order valence-corrected chi connectivity index (χ0v) is 9.68. The van der Waals surface area contributed by atoms with Gasteiger partial charge in [-0.1, -0.05) is 33.1 Å². The van der Waals surface area contributed by atoms with E-state index >= 15 is 0 Å². The Morgan fingerprint density at radius 2 is 2.07 bits per heavy atom. The Morgan fingerprint density at radius 3 is 2.43 bits per heavy atom. The number of carbonyl (C=O) groups excluding carboxylic acids is 1. The maximum Gasteiger partial charge on any atom is 0.146 e. The van der Waals surface area contributed by atoms with Gasteiger partial charge in [-0.3, -0.25) is 4.79 Å². The molecule has 0 aromatic carbocycles. The fourth-order valence-corrected chi connectivity index (χ4v) is 2.30. The highest BCUT2D eigenvalue weighted by Gasteiger charge is 2.29. The van der Waals surface area contributed by atoms with Crippen LogP contribution in [0.25, 0.3) is 0 Å². The predicted octanol–water partition coefficient (Wildman–Crippen LogP) is 2.51. The molecule has 2 heteroatoms. The van der Waals surface area contributed by atoms with Gasteiger partial charge in [-0.15, -0.1) is 0 Å². The van der Waals surface area contributed by atoms with Crippen LogP contribution in [0.15, 0.2) is 0 Å². The van der Waals surface area contributed by atoms with E-state index in [0.29, 0.717) is 0 Å². The van der Waals surface area contributed by atoms with Crippen LogP contribution < -0.4 is 5.73 Å². The van der Waals surface area contributed by atoms with Gasteiger partial charge in [0.05, 0.1) is 6.04 Å². The minimum atomic E-state index is -0.259. The number of carbonyl (C=O) groups is 1. The summed E-state index contributed by atoms with van der Waals surface area (Å²) in [7, 11) is 0. The normalized spacial score (nSPS) is 20.3. The lowest BCUT2D eigenvalue weighted by atomic mass is 9.71. The predicted molar refractivity (Wildman–Crippen MR) is 59.0 cm³/mol. The van der Waals surface area contributed by atoms with Gasteiger partial charge in [0.2, 0.25) is 0 Å². The molecule has 1 aliphatic carbocycles. The minimum Gasteiger partial charge on any atom is -0.322 e. The van der Waals surface area contributed by atoms with E-state index in [1.165, 1.54) is 25.7 Å². The van der Waals surface area contributed by atoms with Crippen molar-refractivity contribution in [3.63, 3.8) is 0 Å². The van der Waals surface area contributed by atoms with Gasteiger partial charge in [0.25, 0.3) is 0 Å². The monoisotopic (exact) mass is 197 g/mol. The minimum absolute atomic E-state index is 0.117. The zero-order chi connectivity index (χ0) is 10.8. The highest BCUT2D eigenvalue weighted by Crippen LogP contribution is 2.39. The topological polar surface area (TPSA) is 43.1 Å². The summed E-state index contributed by atoms with van der Waals surface area (Å²) in [5, 5.41) is 0. The number of rotatable bonds is 5. The van der Waals surface area contributed by atoms with Crippen LogP contribution in [0, 0.1) is 11.3 Å². The standard InChI is InChI=1S/C12H23NO/c1-9(14)11(13)8-12(2,3)7-10-5-4-6-10/h10-11H,4-8,13H2,1-3H3. The van der Waals surface area contributed by atoms with E-state index in [0.717, 1.165) is 12.3 Å². The van der Waals surface area contributed by atoms with Crippen LogP contribution in [0.4, 0.5) is 0 Å². The Bertz CT molecular complexity index is 206. The molecule has 2 nitrogen and oxygen atoms in total. The number of nitrogens with two attached hydrogens (primary N) is 1. The van der Waals surface area contributed by atoms with Crippen molar-refractivity contribution in [3.05, 3.63) is 0 Å². The van der Waals surface area contributed by atoms with Gasteiger partial charge in [-0.05, 0) is 31.1 Å². The van der Waals surface area contributed by atoms with Crippen LogP contribution >= 0.6 is 0 Å². The van der Waals surface area contributed by atoms with Gasteiger partial charge in [0.1, 0.15) is 5.78 Å². The molecule has 14 heavy (non-hydrogen) atoms. The molecule has 0 saturated heterocycles. The summed E-state index contributed by atoms with van der Waals surface area (Å²) in [6.45, 7) is 6.05. The summed E-state index contributed by atoms with van der Waals surface area (Å²) in [6, 6.07) is -0.259. The maximum atomic E-state index is 11.1. The van der Waals surface area contributed by atoms with Gasteiger partial charge in [-0.25, -0.2) is 0 Å². The Hall–Kier alpha value is -0.370. The first-order valence-electron chi connectivity index (χ1n) is 5.67. The zero-order valence-electron chi connectivity index (χ0n) is 9.68. The van der Waals surface area contributed by atoms with E-state index in [1.807, 2.05) is 0 Å². The third-order valence-electron chi connectivity index (χ3n) is 3.36. The largest absolute Gasteiger partial charge is 0.322 e. The fraction of sp³-hybridized carbons (Fsp3) is 0.917. The second-order valence-corrected chi connectivity index (χ2v) is 5.59. The van der Waals surface area contributed by atoms with Crippen LogP contribution in [-0.2, 0) is 4.79 Å². The molecule has 0 bridgehead atoms. The summed E-state index contributed by atoms with van der Waals surface area (Å²) in [5.41, 5.74) is 6.02. The number of hydrogen-bond acceptors (Lipinski definition) is 2. The number of Topliss-reactive ketones (excluding diaryl/α,β-unsaturated/α-hetero) is 1. The Morgan fingerprint density at radius 1 is 1.50 bits per heavy atom. The highest BCUT2D eigenvalue weighted by molar-refractivity contribution is 5.81. The molecule has 0 spiro atoms. The van der Waals surface area contributed by atoms with Gasteiger partial charge in [-0.2, -0.15) is 0 Å². The summed E-state index contributed by atoms with van der Waals surface area (Å²) in [5.74, 6) is 1.01. The van der Waals surface area contributed by atoms with Gasteiger partial charge in [0, 0.05) is 0 Å². The smallest absolute Gasteiger partial charge is 0.146 e. The number of hydrogen-bond donors (Lipinski definition) is 1. The van der Waals surface area contributed by atoms with Crippen LogP contribution in [0.3, 0.4) is 0 Å². The molecule has 0 heterocycles. The molecule has 0 amide bonds. The summed E-state index contributed by atoms with van der Waals surface area (Å²) in [6.07, 6.45) is 6.20. The lowest BCUT2D eigenvalue weighted by molar-refractivity contribution is -0.119. The van der Waals surface area contributed by atoms with E-state index in [1.54, 1.807) is 6.92 Å². The molecule has 1 atom stereocenters. The van der Waals surface area contributed by atoms with Gasteiger partial charge >= 0.3 is 0 Å². The van der Waals surface area contributed by atoms with Crippen LogP contribution in [0.5, 0.6) is 0 Å². The average molecular weight is 197 g/mol. The van der Waals surface area contributed by atoms with E-state index in [9.17, 15) is 4.79 Å². The maximum absolute atomic E-state index is 11.1. The van der Waals surface area contributed by atoms with Crippen LogP contribution in [0.1, 0.15) is 52.9 Å². The molecule has 0 aliphatic heterocycles. The number of ketones is 1. The second-order valence-electron chi connectivity index (χ2n) is 5.59. The molecule has 1 fully saturated rings. The first-order chi connectivity index (χ1) is 6.41. The summed E-state index contributed by atoms with van der Waals surface area (Å²) in [4.78, 5) is 11.1. The summed E-state index contributed by atoms with van der Waals surface area (Å²) >= 11 is 0. The summed E-state index contributed by atoms with van der Waals surface area (Å²) < 4.78 is 0. The van der Waals surface area contributed by atoms with Crippen LogP contribution in [-0.4, -0.2) is 11.8 Å². The molecular weight excluding hydrogens is 174 g/mol.